The summed E-state index contributed by atoms with van der Waals surface area (Å²) in [5.41, 5.74) is 3.72. The van der Waals surface area contributed by atoms with Crippen molar-refractivity contribution >= 4 is 36.4 Å². The van der Waals surface area contributed by atoms with Gasteiger partial charge in [-0.05, 0) is 0 Å². The Hall–Kier alpha value is -1.90. The first-order valence-electron chi connectivity index (χ1n) is 10.6. The van der Waals surface area contributed by atoms with E-state index in [0.717, 1.165) is 47.5 Å². The molecular formula is C24H31ClNO3P. The van der Waals surface area contributed by atoms with E-state index in [-0.39, 0.29) is 11.9 Å². The molecule has 0 atom stereocenters. The fourth-order valence-electron chi connectivity index (χ4n) is 4.45. The minimum absolute atomic E-state index is 0.00736. The van der Waals surface area contributed by atoms with Gasteiger partial charge < -0.3 is 0 Å². The topological polar surface area (TPSA) is 55.4 Å². The molecule has 6 heteroatoms. The molecule has 1 amide bonds. The number of carbonyl (C=O) groups is 2. The number of hydrogen-bond donors (Lipinski definition) is 1. The Morgan fingerprint density at radius 1 is 1.00 bits per heavy atom. The molecule has 0 saturated carbocycles. The van der Waals surface area contributed by atoms with Crippen LogP contribution in [0.2, 0.25) is 5.02 Å². The first-order valence-corrected chi connectivity index (χ1v) is 13.8. The summed E-state index contributed by atoms with van der Waals surface area (Å²) in [6.07, 6.45) is 6.30. The zero-order valence-electron chi connectivity index (χ0n) is 17.8. The molecular weight excluding hydrogens is 417 g/mol. The van der Waals surface area contributed by atoms with Gasteiger partial charge in [-0.15, -0.1) is 0 Å². The second kappa shape index (κ2) is 10.4. The number of carbonyl (C=O) groups excluding carboxylic acids is 2. The molecule has 0 unspecified atom stereocenters. The Kier molecular flexibility index (Phi) is 7.91. The van der Waals surface area contributed by atoms with Crippen molar-refractivity contribution in [3.8, 4) is 0 Å². The first kappa shape index (κ1) is 22.8. The van der Waals surface area contributed by atoms with Crippen molar-refractivity contribution in [2.75, 3.05) is 30.0 Å². The number of esters is 1. The number of hydrogen-bond acceptors (Lipinski definition) is 3. The van der Waals surface area contributed by atoms with Gasteiger partial charge in [-0.25, -0.2) is 0 Å². The quantitative estimate of drug-likeness (QED) is 0.445. The SMILES string of the molecule is Cc1cc(Cl)cc(C)c1NC(=O)C[PH]1(CC(=O)OCc2ccccc2)CCCCC1. The second-order valence-corrected chi connectivity index (χ2v) is 13.7. The minimum atomic E-state index is -2.06. The molecule has 1 aliphatic heterocycles. The predicted molar refractivity (Wildman–Crippen MR) is 127 cm³/mol. The van der Waals surface area contributed by atoms with Crippen LogP contribution < -0.4 is 5.32 Å². The molecule has 162 valence electrons. The number of amides is 1. The van der Waals surface area contributed by atoms with Crippen LogP contribution in [-0.4, -0.2) is 36.5 Å². The fourth-order valence-corrected chi connectivity index (χ4v) is 9.34. The summed E-state index contributed by atoms with van der Waals surface area (Å²) in [5.74, 6) is -0.160. The number of anilines is 1. The average molecular weight is 448 g/mol. The van der Waals surface area contributed by atoms with E-state index in [1.54, 1.807) is 0 Å². The molecule has 2 aromatic rings. The standard InChI is InChI=1S/C24H31ClNO3P/c1-18-13-21(25)14-19(2)24(18)26-22(27)16-30(11-7-4-8-12-30)17-23(28)29-15-20-9-5-3-6-10-20/h3,5-6,9-10,13-14,30H,4,7-8,11-12,15-17H2,1-2H3,(H,26,27). The molecule has 0 aromatic heterocycles. The Balaban J connectivity index is 1.64. The van der Waals surface area contributed by atoms with E-state index in [1.807, 2.05) is 56.3 Å². The molecule has 1 aliphatic rings. The van der Waals surface area contributed by atoms with Crippen molar-refractivity contribution in [2.45, 2.75) is 39.7 Å². The van der Waals surface area contributed by atoms with Crippen LogP contribution in [0.25, 0.3) is 0 Å². The molecule has 0 bridgehead atoms. The van der Waals surface area contributed by atoms with Gasteiger partial charge in [0, 0.05) is 0 Å². The van der Waals surface area contributed by atoms with Crippen LogP contribution in [0, 0.1) is 13.8 Å². The zero-order chi connectivity index (χ0) is 21.6. The Labute approximate surface area is 184 Å². The van der Waals surface area contributed by atoms with Crippen LogP contribution in [0.15, 0.2) is 42.5 Å². The molecule has 3 rings (SSSR count). The van der Waals surface area contributed by atoms with Crippen LogP contribution in [0.3, 0.4) is 0 Å². The maximum atomic E-state index is 13.0. The van der Waals surface area contributed by atoms with E-state index >= 15 is 0 Å². The molecule has 0 radical (unpaired) electrons. The molecule has 30 heavy (non-hydrogen) atoms. The number of nitrogens with one attached hydrogen (secondary N) is 1. The average Bonchev–Trinajstić information content (AvgIpc) is 2.70. The van der Waals surface area contributed by atoms with E-state index in [9.17, 15) is 9.59 Å². The van der Waals surface area contributed by atoms with Gasteiger partial charge in [-0.3, -0.25) is 0 Å². The Morgan fingerprint density at radius 2 is 1.63 bits per heavy atom. The predicted octanol–water partition coefficient (Wildman–Crippen LogP) is 5.57. The molecule has 0 aliphatic carbocycles. The van der Waals surface area contributed by atoms with Crippen LogP contribution in [0.4, 0.5) is 5.69 Å². The van der Waals surface area contributed by atoms with Gasteiger partial charge in [0.25, 0.3) is 0 Å². The van der Waals surface area contributed by atoms with E-state index in [0.29, 0.717) is 24.0 Å². The second-order valence-electron chi connectivity index (χ2n) is 8.52. The summed E-state index contributed by atoms with van der Waals surface area (Å²) in [6, 6.07) is 13.4. The first-order chi connectivity index (χ1) is 14.4. The van der Waals surface area contributed by atoms with Crippen molar-refractivity contribution in [1.29, 1.82) is 0 Å². The van der Waals surface area contributed by atoms with Crippen molar-refractivity contribution in [3.05, 3.63) is 64.2 Å². The summed E-state index contributed by atoms with van der Waals surface area (Å²) in [4.78, 5) is 25.6. The summed E-state index contributed by atoms with van der Waals surface area (Å²) in [5, 5.41) is 3.76. The third-order valence-electron chi connectivity index (χ3n) is 5.97. The van der Waals surface area contributed by atoms with Gasteiger partial charge in [0.05, 0.1) is 0 Å². The van der Waals surface area contributed by atoms with Gasteiger partial charge in [0.15, 0.2) is 0 Å². The molecule has 4 nitrogen and oxygen atoms in total. The van der Waals surface area contributed by atoms with Crippen molar-refractivity contribution in [1.82, 2.24) is 0 Å². The van der Waals surface area contributed by atoms with Gasteiger partial charge in [0.1, 0.15) is 0 Å². The number of benzene rings is 2. The molecule has 1 fully saturated rings. The van der Waals surface area contributed by atoms with E-state index in [1.165, 1.54) is 6.42 Å². The van der Waals surface area contributed by atoms with Crippen LogP contribution in [0.5, 0.6) is 0 Å². The summed E-state index contributed by atoms with van der Waals surface area (Å²) in [6.45, 7) is 4.19. The van der Waals surface area contributed by atoms with Gasteiger partial charge in [-0.1, -0.05) is 0 Å². The number of halogens is 1. The molecule has 1 N–H and O–H groups in total. The summed E-state index contributed by atoms with van der Waals surface area (Å²) in [7, 11) is -2.06. The third-order valence-corrected chi connectivity index (χ3v) is 11.1. The summed E-state index contributed by atoms with van der Waals surface area (Å²) < 4.78 is 5.56. The normalized spacial score (nSPS) is 16.5. The van der Waals surface area contributed by atoms with Gasteiger partial charge in [-0.2, -0.15) is 0 Å². The van der Waals surface area contributed by atoms with Crippen molar-refractivity contribution in [2.24, 2.45) is 0 Å². The third kappa shape index (κ3) is 6.30. The molecule has 0 spiro atoms. The Bertz CT molecular complexity index is 872. The summed E-state index contributed by atoms with van der Waals surface area (Å²) >= 11 is 6.11. The monoisotopic (exact) mass is 447 g/mol. The van der Waals surface area contributed by atoms with Gasteiger partial charge >= 0.3 is 185 Å². The zero-order valence-corrected chi connectivity index (χ0v) is 19.6. The van der Waals surface area contributed by atoms with Crippen molar-refractivity contribution < 1.29 is 14.3 Å². The number of rotatable bonds is 7. The van der Waals surface area contributed by atoms with E-state index < -0.39 is 7.26 Å². The maximum absolute atomic E-state index is 13.0. The molecule has 1 saturated heterocycles. The van der Waals surface area contributed by atoms with E-state index in [4.69, 9.17) is 16.3 Å². The van der Waals surface area contributed by atoms with Crippen LogP contribution in [0.1, 0.15) is 36.0 Å². The van der Waals surface area contributed by atoms with Crippen LogP contribution >= 0.6 is 18.9 Å². The molecule has 1 heterocycles. The van der Waals surface area contributed by atoms with Gasteiger partial charge in [0.2, 0.25) is 0 Å². The fraction of sp³-hybridized carbons (Fsp3) is 0.417. The van der Waals surface area contributed by atoms with Crippen LogP contribution in [-0.2, 0) is 20.9 Å². The van der Waals surface area contributed by atoms with E-state index in [2.05, 4.69) is 5.32 Å². The molecule has 2 aromatic carbocycles. The van der Waals surface area contributed by atoms with Crippen molar-refractivity contribution in [3.63, 3.8) is 0 Å². The number of ether oxygens (including phenoxy) is 1. The number of aryl methyl sites for hydroxylation is 2. The Morgan fingerprint density at radius 3 is 2.27 bits per heavy atom.